The second-order valence-electron chi connectivity index (χ2n) is 11.6. The molecule has 1 heterocycles. The third kappa shape index (κ3) is 5.11. The molecule has 0 amide bonds. The fourth-order valence-corrected chi connectivity index (χ4v) is 6.32. The Hall–Kier alpha value is -4.43. The fourth-order valence-electron chi connectivity index (χ4n) is 6.32. The predicted octanol–water partition coefficient (Wildman–Crippen LogP) is 10.4. The van der Waals surface area contributed by atoms with Gasteiger partial charge >= 0.3 is 0 Å². The summed E-state index contributed by atoms with van der Waals surface area (Å²) in [6.45, 7) is 2.96. The number of aliphatic imine (C=N–C) groups is 1. The van der Waals surface area contributed by atoms with E-state index in [9.17, 15) is 0 Å². The lowest BCUT2D eigenvalue weighted by Gasteiger charge is -2.27. The second-order valence-corrected chi connectivity index (χ2v) is 11.6. The van der Waals surface area contributed by atoms with E-state index in [1.165, 1.54) is 33.5 Å². The summed E-state index contributed by atoms with van der Waals surface area (Å²) in [7, 11) is 0. The average molecular weight is 534 g/mol. The summed E-state index contributed by atoms with van der Waals surface area (Å²) in [5.74, 6) is 0.346. The monoisotopic (exact) mass is 533 g/mol. The third-order valence-corrected chi connectivity index (χ3v) is 8.78. The van der Waals surface area contributed by atoms with E-state index in [0.717, 1.165) is 47.6 Å². The van der Waals surface area contributed by atoms with Crippen molar-refractivity contribution in [1.29, 1.82) is 0 Å². The van der Waals surface area contributed by atoms with E-state index in [0.29, 0.717) is 12.5 Å². The van der Waals surface area contributed by atoms with Crippen LogP contribution in [-0.2, 0) is 12.0 Å². The lowest BCUT2D eigenvalue weighted by molar-refractivity contribution is 0.600. The first kappa shape index (κ1) is 25.5. The lowest BCUT2D eigenvalue weighted by atomic mass is 9.77. The van der Waals surface area contributed by atoms with Crippen molar-refractivity contribution in [3.63, 3.8) is 0 Å². The van der Waals surface area contributed by atoms with Crippen molar-refractivity contribution < 1.29 is 4.42 Å². The molecule has 3 aliphatic rings. The smallest absolute Gasteiger partial charge is 0.136 e. The molecule has 0 spiro atoms. The predicted molar refractivity (Wildman–Crippen MR) is 173 cm³/mol. The first-order chi connectivity index (χ1) is 20.2. The van der Waals surface area contributed by atoms with Crippen LogP contribution in [-0.4, -0.2) is 5.71 Å². The van der Waals surface area contributed by atoms with Crippen LogP contribution >= 0.6 is 0 Å². The highest BCUT2D eigenvalue weighted by atomic mass is 16.3. The normalized spacial score (nSPS) is 22.1. The summed E-state index contributed by atoms with van der Waals surface area (Å²) in [5, 5.41) is 2.31. The maximum absolute atomic E-state index is 6.42. The van der Waals surface area contributed by atoms with Gasteiger partial charge in [0.2, 0.25) is 0 Å². The van der Waals surface area contributed by atoms with Gasteiger partial charge in [0.1, 0.15) is 11.2 Å². The molecule has 2 nitrogen and oxygen atoms in total. The van der Waals surface area contributed by atoms with Gasteiger partial charge in [-0.2, -0.15) is 0 Å². The van der Waals surface area contributed by atoms with Crippen LogP contribution in [0.15, 0.2) is 142 Å². The summed E-state index contributed by atoms with van der Waals surface area (Å²) >= 11 is 0. The molecule has 0 saturated heterocycles. The molecule has 0 radical (unpaired) electrons. The van der Waals surface area contributed by atoms with Crippen molar-refractivity contribution in [3.05, 3.63) is 144 Å². The number of rotatable bonds is 6. The average Bonchev–Trinajstić information content (AvgIpc) is 3.40. The molecule has 1 aromatic heterocycles. The summed E-state index contributed by atoms with van der Waals surface area (Å²) in [4.78, 5) is 5.18. The highest BCUT2D eigenvalue weighted by Crippen LogP contribution is 2.36. The van der Waals surface area contributed by atoms with Crippen LogP contribution in [0.4, 0.5) is 0 Å². The third-order valence-electron chi connectivity index (χ3n) is 8.78. The van der Waals surface area contributed by atoms with E-state index >= 15 is 0 Å². The molecule has 0 fully saturated rings. The number of hydrogen-bond acceptors (Lipinski definition) is 2. The van der Waals surface area contributed by atoms with Crippen LogP contribution in [0.25, 0.3) is 33.1 Å². The molecule has 3 aromatic carbocycles. The molecule has 4 aromatic rings. The van der Waals surface area contributed by atoms with Gasteiger partial charge in [-0.05, 0) is 71.7 Å². The molecule has 2 unspecified atom stereocenters. The molecule has 0 aliphatic heterocycles. The van der Waals surface area contributed by atoms with Crippen LogP contribution in [0.1, 0.15) is 43.7 Å². The van der Waals surface area contributed by atoms with Crippen LogP contribution in [0, 0.1) is 5.92 Å². The standard InChI is InChI=1S/C39H35NO/c1-39(23-9-4-10-24-39)33-19-16-29(17-20-33)32-18-22-35-34-21-15-28(25-36(34)41-37(35)26-32)27-40-38(30-11-5-2-6-12-30)31-13-7-3-8-14-31/h2-7,9-11,13,15-23,25-26,30H,8,12,14,24,27H2,1H3/b40-38+. The molecule has 0 bridgehead atoms. The highest BCUT2D eigenvalue weighted by molar-refractivity contribution is 6.06. The molecular formula is C39H35NO. The Bertz CT molecular complexity index is 1820. The number of fused-ring (bicyclic) bond motifs is 3. The van der Waals surface area contributed by atoms with E-state index in [4.69, 9.17) is 9.41 Å². The van der Waals surface area contributed by atoms with Gasteiger partial charge in [0.05, 0.1) is 6.54 Å². The number of allylic oxidation sites excluding steroid dienone is 12. The zero-order valence-corrected chi connectivity index (χ0v) is 23.6. The summed E-state index contributed by atoms with van der Waals surface area (Å²) in [6.07, 6.45) is 28.5. The number of benzene rings is 3. The first-order valence-electron chi connectivity index (χ1n) is 14.8. The molecular weight excluding hydrogens is 498 g/mol. The van der Waals surface area contributed by atoms with E-state index < -0.39 is 0 Å². The minimum atomic E-state index is 0.0625. The van der Waals surface area contributed by atoms with E-state index in [-0.39, 0.29) is 5.41 Å². The lowest BCUT2D eigenvalue weighted by Crippen LogP contribution is -2.19. The summed E-state index contributed by atoms with van der Waals surface area (Å²) < 4.78 is 6.42. The summed E-state index contributed by atoms with van der Waals surface area (Å²) in [6, 6.07) is 22.1. The van der Waals surface area contributed by atoms with Gasteiger partial charge in [-0.15, -0.1) is 0 Å². The Morgan fingerprint density at radius 2 is 1.63 bits per heavy atom. The Morgan fingerprint density at radius 1 is 0.829 bits per heavy atom. The van der Waals surface area contributed by atoms with Gasteiger partial charge in [-0.25, -0.2) is 0 Å². The van der Waals surface area contributed by atoms with Gasteiger partial charge in [-0.3, -0.25) is 4.99 Å². The van der Waals surface area contributed by atoms with Crippen molar-refractivity contribution in [2.24, 2.45) is 10.9 Å². The zero-order chi connectivity index (χ0) is 27.6. The highest BCUT2D eigenvalue weighted by Gasteiger charge is 2.23. The van der Waals surface area contributed by atoms with Crippen molar-refractivity contribution in [1.82, 2.24) is 0 Å². The van der Waals surface area contributed by atoms with Crippen molar-refractivity contribution in [3.8, 4) is 11.1 Å². The van der Waals surface area contributed by atoms with E-state index in [1.54, 1.807) is 0 Å². The maximum Gasteiger partial charge on any atom is 0.136 e. The Morgan fingerprint density at radius 3 is 2.39 bits per heavy atom. The van der Waals surface area contributed by atoms with Crippen LogP contribution in [0.5, 0.6) is 0 Å². The van der Waals surface area contributed by atoms with Gasteiger partial charge in [0, 0.05) is 27.8 Å². The SMILES string of the molecule is CC1(c2ccc(-c3ccc4c(c3)oc3cc(C/N=C(/C5=CC=CCC5)C5C=CC=CC5)ccc34)cc2)C=CC=CC1. The van der Waals surface area contributed by atoms with Crippen molar-refractivity contribution in [2.75, 3.05) is 0 Å². The molecule has 0 saturated carbocycles. The van der Waals surface area contributed by atoms with E-state index in [2.05, 4.69) is 134 Å². The largest absolute Gasteiger partial charge is 0.456 e. The minimum absolute atomic E-state index is 0.0625. The Kier molecular flexibility index (Phi) is 6.76. The van der Waals surface area contributed by atoms with Gasteiger partial charge in [-0.1, -0.05) is 116 Å². The fraction of sp³-hybridized carbons (Fsp3) is 0.205. The minimum Gasteiger partial charge on any atom is -0.456 e. The van der Waals surface area contributed by atoms with Crippen LogP contribution in [0.3, 0.4) is 0 Å². The number of hydrogen-bond donors (Lipinski definition) is 0. The van der Waals surface area contributed by atoms with Gasteiger partial charge in [0.25, 0.3) is 0 Å². The Balaban J connectivity index is 1.16. The maximum atomic E-state index is 6.42. The number of nitrogens with zero attached hydrogens (tertiary/aromatic N) is 1. The van der Waals surface area contributed by atoms with Gasteiger partial charge in [0.15, 0.2) is 0 Å². The van der Waals surface area contributed by atoms with Crippen molar-refractivity contribution in [2.45, 2.75) is 44.6 Å². The Labute approximate surface area is 242 Å². The topological polar surface area (TPSA) is 25.5 Å². The molecule has 2 heteroatoms. The first-order valence-corrected chi connectivity index (χ1v) is 14.8. The molecule has 41 heavy (non-hydrogen) atoms. The zero-order valence-electron chi connectivity index (χ0n) is 23.6. The van der Waals surface area contributed by atoms with Gasteiger partial charge < -0.3 is 4.42 Å². The quantitative estimate of drug-likeness (QED) is 0.226. The molecule has 3 aliphatic carbocycles. The molecule has 0 N–H and O–H groups in total. The summed E-state index contributed by atoms with van der Waals surface area (Å²) in [5.41, 5.74) is 9.39. The molecule has 2 atom stereocenters. The van der Waals surface area contributed by atoms with Crippen molar-refractivity contribution >= 4 is 27.7 Å². The van der Waals surface area contributed by atoms with Crippen LogP contribution in [0.2, 0.25) is 0 Å². The number of furan rings is 1. The van der Waals surface area contributed by atoms with E-state index in [1.807, 2.05) is 0 Å². The molecule has 202 valence electrons. The van der Waals surface area contributed by atoms with Crippen LogP contribution < -0.4 is 0 Å². The molecule has 7 rings (SSSR count). The second kappa shape index (κ2) is 10.9.